The summed E-state index contributed by atoms with van der Waals surface area (Å²) in [5.74, 6) is -0.438. The van der Waals surface area contributed by atoms with Crippen molar-refractivity contribution in [1.82, 2.24) is 15.1 Å². The Morgan fingerprint density at radius 2 is 2.29 bits per heavy atom. The first kappa shape index (κ1) is 14.8. The molecule has 0 radical (unpaired) electrons. The number of alkyl halides is 2. The molecule has 1 heterocycles. The molecule has 0 bridgehead atoms. The van der Waals surface area contributed by atoms with Crippen molar-refractivity contribution in [1.29, 1.82) is 0 Å². The van der Waals surface area contributed by atoms with Gasteiger partial charge in [0.2, 0.25) is 0 Å². The van der Waals surface area contributed by atoms with Crippen LogP contribution in [0.4, 0.5) is 14.5 Å². The normalized spacial score (nSPS) is 10.6. The molecule has 0 saturated heterocycles. The fourth-order valence-corrected chi connectivity index (χ4v) is 1.70. The van der Waals surface area contributed by atoms with Crippen LogP contribution in [0.15, 0.2) is 36.7 Å². The third kappa shape index (κ3) is 4.44. The number of ether oxygens (including phenoxy) is 1. The van der Waals surface area contributed by atoms with E-state index in [-0.39, 0.29) is 17.2 Å². The molecule has 2 aromatic rings. The number of carbonyl (C=O) groups is 1. The van der Waals surface area contributed by atoms with Crippen molar-refractivity contribution in [3.63, 3.8) is 0 Å². The topological polar surface area (TPSA) is 82.2 Å². The first-order valence-electron chi connectivity index (χ1n) is 6.15. The second-order valence-corrected chi connectivity index (χ2v) is 4.20. The lowest BCUT2D eigenvalue weighted by Gasteiger charge is -2.08. The van der Waals surface area contributed by atoms with Gasteiger partial charge in [0.15, 0.2) is 0 Å². The van der Waals surface area contributed by atoms with Gasteiger partial charge < -0.3 is 15.8 Å². The molecule has 0 aliphatic rings. The molecular weight excluding hydrogens is 282 g/mol. The van der Waals surface area contributed by atoms with Gasteiger partial charge in [-0.05, 0) is 18.2 Å². The summed E-state index contributed by atoms with van der Waals surface area (Å²) < 4.78 is 30.0. The van der Waals surface area contributed by atoms with Crippen LogP contribution in [0.1, 0.15) is 10.4 Å². The lowest BCUT2D eigenvalue weighted by molar-refractivity contribution is -0.0498. The number of nitrogens with one attached hydrogen (secondary N) is 1. The van der Waals surface area contributed by atoms with Gasteiger partial charge in [-0.25, -0.2) is 0 Å². The van der Waals surface area contributed by atoms with E-state index in [1.807, 2.05) is 0 Å². The molecule has 1 amide bonds. The number of aromatic nitrogens is 2. The molecule has 1 aromatic heterocycles. The van der Waals surface area contributed by atoms with Gasteiger partial charge in [0, 0.05) is 18.3 Å². The van der Waals surface area contributed by atoms with Gasteiger partial charge in [0.25, 0.3) is 5.91 Å². The van der Waals surface area contributed by atoms with Crippen LogP contribution in [0.2, 0.25) is 0 Å². The first-order valence-corrected chi connectivity index (χ1v) is 6.15. The maximum atomic E-state index is 12.1. The van der Waals surface area contributed by atoms with E-state index in [9.17, 15) is 13.6 Å². The molecule has 2 rings (SSSR count). The number of rotatable bonds is 6. The average molecular weight is 296 g/mol. The Kier molecular flexibility index (Phi) is 4.70. The number of halogens is 2. The summed E-state index contributed by atoms with van der Waals surface area (Å²) in [5.41, 5.74) is 6.30. The minimum absolute atomic E-state index is 0.0579. The van der Waals surface area contributed by atoms with E-state index in [0.29, 0.717) is 18.8 Å². The fourth-order valence-electron chi connectivity index (χ4n) is 1.70. The second kappa shape index (κ2) is 6.69. The van der Waals surface area contributed by atoms with E-state index in [2.05, 4.69) is 15.2 Å². The van der Waals surface area contributed by atoms with Crippen molar-refractivity contribution in [2.45, 2.75) is 13.2 Å². The van der Waals surface area contributed by atoms with Crippen molar-refractivity contribution in [2.75, 3.05) is 12.3 Å². The van der Waals surface area contributed by atoms with E-state index in [4.69, 9.17) is 5.73 Å². The number of nitrogens with zero attached hydrogens (tertiary/aromatic N) is 2. The van der Waals surface area contributed by atoms with E-state index < -0.39 is 6.61 Å². The molecule has 21 heavy (non-hydrogen) atoms. The van der Waals surface area contributed by atoms with Crippen LogP contribution in [0.3, 0.4) is 0 Å². The van der Waals surface area contributed by atoms with Gasteiger partial charge in [-0.15, -0.1) is 0 Å². The Morgan fingerprint density at radius 3 is 2.95 bits per heavy atom. The van der Waals surface area contributed by atoms with Crippen molar-refractivity contribution < 1.29 is 18.3 Å². The summed E-state index contributed by atoms with van der Waals surface area (Å²) in [6.07, 6.45) is 3.15. The second-order valence-electron chi connectivity index (χ2n) is 4.20. The highest BCUT2D eigenvalue weighted by atomic mass is 19.3. The van der Waals surface area contributed by atoms with Crippen molar-refractivity contribution >= 4 is 11.6 Å². The third-order valence-electron chi connectivity index (χ3n) is 2.60. The Bertz CT molecular complexity index is 616. The third-order valence-corrected chi connectivity index (χ3v) is 2.60. The maximum absolute atomic E-state index is 12.1. The number of hydrogen-bond donors (Lipinski definition) is 2. The lowest BCUT2D eigenvalue weighted by atomic mass is 10.2. The Morgan fingerprint density at radius 1 is 1.48 bits per heavy atom. The minimum atomic E-state index is -2.92. The van der Waals surface area contributed by atoms with Gasteiger partial charge in [-0.2, -0.15) is 13.9 Å². The van der Waals surface area contributed by atoms with Gasteiger partial charge in [-0.1, -0.05) is 6.07 Å². The summed E-state index contributed by atoms with van der Waals surface area (Å²) in [6, 6.07) is 5.60. The molecule has 3 N–H and O–H groups in total. The molecule has 1 aromatic carbocycles. The average Bonchev–Trinajstić information content (AvgIpc) is 2.84. The summed E-state index contributed by atoms with van der Waals surface area (Å²) in [4.78, 5) is 11.9. The predicted octanol–water partition coefficient (Wildman–Crippen LogP) is 1.50. The SMILES string of the molecule is Nc1cnn(CCNC(=O)c2cccc(OC(F)F)c2)c1. The highest BCUT2D eigenvalue weighted by Gasteiger charge is 2.09. The monoisotopic (exact) mass is 296 g/mol. The van der Waals surface area contributed by atoms with Crippen LogP contribution < -0.4 is 15.8 Å². The van der Waals surface area contributed by atoms with E-state index in [1.54, 1.807) is 10.9 Å². The smallest absolute Gasteiger partial charge is 0.387 e. The quantitative estimate of drug-likeness (QED) is 0.846. The molecule has 0 saturated carbocycles. The maximum Gasteiger partial charge on any atom is 0.387 e. The molecule has 0 aliphatic heterocycles. The zero-order valence-corrected chi connectivity index (χ0v) is 11.0. The van der Waals surface area contributed by atoms with Gasteiger partial charge >= 0.3 is 6.61 Å². The summed E-state index contributed by atoms with van der Waals surface area (Å²) in [5, 5.41) is 6.62. The van der Waals surface area contributed by atoms with Crippen molar-refractivity contribution in [3.05, 3.63) is 42.2 Å². The number of amides is 1. The number of benzene rings is 1. The van der Waals surface area contributed by atoms with Gasteiger partial charge in [0.1, 0.15) is 5.75 Å². The summed E-state index contributed by atoms with van der Waals surface area (Å²) in [7, 11) is 0. The summed E-state index contributed by atoms with van der Waals surface area (Å²) in [6.45, 7) is -2.13. The molecule has 112 valence electrons. The van der Waals surface area contributed by atoms with Gasteiger partial charge in [0.05, 0.1) is 18.4 Å². The first-order chi connectivity index (χ1) is 10.0. The number of carbonyl (C=O) groups excluding carboxylic acids is 1. The standard InChI is InChI=1S/C13H14F2N4O2/c14-13(15)21-11-3-1-2-9(6-11)12(20)17-4-5-19-8-10(16)7-18-19/h1-3,6-8,13H,4-5,16H2,(H,17,20). The Balaban J connectivity index is 1.88. The minimum Gasteiger partial charge on any atom is -0.435 e. The van der Waals surface area contributed by atoms with Crippen LogP contribution in [0.25, 0.3) is 0 Å². The molecule has 0 aliphatic carbocycles. The molecule has 0 atom stereocenters. The Hall–Kier alpha value is -2.64. The molecular formula is C13H14F2N4O2. The van der Waals surface area contributed by atoms with Crippen LogP contribution in [0.5, 0.6) is 5.75 Å². The highest BCUT2D eigenvalue weighted by molar-refractivity contribution is 5.94. The Labute approximate surface area is 119 Å². The van der Waals surface area contributed by atoms with Crippen molar-refractivity contribution in [2.24, 2.45) is 0 Å². The molecule has 8 heteroatoms. The van der Waals surface area contributed by atoms with Gasteiger partial charge in [-0.3, -0.25) is 9.48 Å². The molecule has 0 unspecified atom stereocenters. The van der Waals surface area contributed by atoms with E-state index >= 15 is 0 Å². The predicted molar refractivity (Wildman–Crippen MR) is 72.0 cm³/mol. The highest BCUT2D eigenvalue weighted by Crippen LogP contribution is 2.15. The number of anilines is 1. The summed E-state index contributed by atoms with van der Waals surface area (Å²) >= 11 is 0. The fraction of sp³-hybridized carbons (Fsp3) is 0.231. The van der Waals surface area contributed by atoms with Crippen LogP contribution >= 0.6 is 0 Å². The van der Waals surface area contributed by atoms with Crippen molar-refractivity contribution in [3.8, 4) is 5.75 Å². The molecule has 0 fully saturated rings. The largest absolute Gasteiger partial charge is 0.435 e. The van der Waals surface area contributed by atoms with Crippen LogP contribution in [-0.4, -0.2) is 28.8 Å². The van der Waals surface area contributed by atoms with Crippen LogP contribution in [-0.2, 0) is 6.54 Å². The van der Waals surface area contributed by atoms with Crippen LogP contribution in [0, 0.1) is 0 Å². The van der Waals surface area contributed by atoms with E-state index in [0.717, 1.165) is 0 Å². The van der Waals surface area contributed by atoms with E-state index in [1.165, 1.54) is 30.5 Å². The molecule has 6 nitrogen and oxygen atoms in total. The number of hydrogen-bond acceptors (Lipinski definition) is 4. The number of nitrogen functional groups attached to an aromatic ring is 1. The lowest BCUT2D eigenvalue weighted by Crippen LogP contribution is -2.27. The molecule has 0 spiro atoms. The zero-order valence-electron chi connectivity index (χ0n) is 11.0. The number of nitrogens with two attached hydrogens (primary N) is 1. The zero-order chi connectivity index (χ0) is 15.2.